The molecule has 0 unspecified atom stereocenters. The predicted molar refractivity (Wildman–Crippen MR) is 133 cm³/mol. The molecule has 0 saturated carbocycles. The summed E-state index contributed by atoms with van der Waals surface area (Å²) in [6.07, 6.45) is 2.01. The predicted octanol–water partition coefficient (Wildman–Crippen LogP) is 4.98. The van der Waals surface area contributed by atoms with Crippen LogP contribution < -0.4 is 5.56 Å². The number of benzene rings is 3. The molecule has 0 spiro atoms. The van der Waals surface area contributed by atoms with Gasteiger partial charge in [-0.05, 0) is 60.4 Å². The summed E-state index contributed by atoms with van der Waals surface area (Å²) in [5.74, 6) is 0.429. The monoisotopic (exact) mass is 473 g/mol. The molecule has 172 valence electrons. The van der Waals surface area contributed by atoms with Crippen LogP contribution in [0, 0.1) is 5.82 Å². The average Bonchev–Trinajstić information content (AvgIpc) is 2.87. The highest BCUT2D eigenvalue weighted by Gasteiger charge is 2.20. The van der Waals surface area contributed by atoms with Crippen molar-refractivity contribution in [3.8, 4) is 5.69 Å². The molecule has 7 heteroatoms. The number of rotatable bonds is 6. The second kappa shape index (κ2) is 9.81. The molecule has 3 aromatic carbocycles. The van der Waals surface area contributed by atoms with E-state index in [1.54, 1.807) is 24.3 Å². The van der Waals surface area contributed by atoms with Crippen molar-refractivity contribution in [2.45, 2.75) is 31.0 Å². The number of carbonyl (C=O) groups is 1. The van der Waals surface area contributed by atoms with Gasteiger partial charge in [-0.15, -0.1) is 0 Å². The van der Waals surface area contributed by atoms with Crippen LogP contribution in [0.5, 0.6) is 0 Å². The minimum atomic E-state index is -0.362. The lowest BCUT2D eigenvalue weighted by atomic mass is 10.00. The molecular formula is C27H24FN3O2S. The van der Waals surface area contributed by atoms with Crippen molar-refractivity contribution >= 4 is 28.6 Å². The van der Waals surface area contributed by atoms with Gasteiger partial charge in [0.2, 0.25) is 5.91 Å². The molecule has 0 atom stereocenters. The van der Waals surface area contributed by atoms with Crippen LogP contribution in [0.1, 0.15) is 24.0 Å². The van der Waals surface area contributed by atoms with Crippen molar-refractivity contribution in [3.05, 3.63) is 100 Å². The second-order valence-electron chi connectivity index (χ2n) is 8.31. The lowest BCUT2D eigenvalue weighted by Crippen LogP contribution is -2.35. The third-order valence-electron chi connectivity index (χ3n) is 6.08. The summed E-state index contributed by atoms with van der Waals surface area (Å²) < 4.78 is 15.0. The number of aromatic nitrogens is 2. The number of halogens is 1. The quantitative estimate of drug-likeness (QED) is 0.225. The Labute approximate surface area is 201 Å². The van der Waals surface area contributed by atoms with Crippen LogP contribution in [-0.4, -0.2) is 32.7 Å². The number of thioether (sulfide) groups is 1. The Bertz CT molecular complexity index is 1400. The Morgan fingerprint density at radius 2 is 1.71 bits per heavy atom. The summed E-state index contributed by atoms with van der Waals surface area (Å²) in [7, 11) is 0. The first-order chi connectivity index (χ1) is 16.6. The largest absolute Gasteiger partial charge is 0.338 e. The van der Waals surface area contributed by atoms with E-state index in [2.05, 4.69) is 12.1 Å². The van der Waals surface area contributed by atoms with Gasteiger partial charge in [0.05, 0.1) is 16.6 Å². The maximum absolute atomic E-state index is 13.5. The van der Waals surface area contributed by atoms with Gasteiger partial charge in [-0.3, -0.25) is 14.2 Å². The molecule has 1 aliphatic heterocycles. The van der Waals surface area contributed by atoms with E-state index in [1.807, 2.05) is 29.2 Å². The number of hydrogen-bond acceptors (Lipinski definition) is 4. The SMILES string of the molecule is O=C(CCCSc1nc2ccccc2c(=O)n1-c1ccc(F)cc1)N1CCc2ccccc2C1. The second-order valence-corrected chi connectivity index (χ2v) is 9.38. The number of nitrogens with zero attached hydrogens (tertiary/aromatic N) is 3. The maximum Gasteiger partial charge on any atom is 0.266 e. The van der Waals surface area contributed by atoms with E-state index >= 15 is 0 Å². The summed E-state index contributed by atoms with van der Waals surface area (Å²) in [6.45, 7) is 1.41. The van der Waals surface area contributed by atoms with Crippen molar-refractivity contribution in [3.63, 3.8) is 0 Å². The van der Waals surface area contributed by atoms with Crippen LogP contribution in [0.15, 0.2) is 82.7 Å². The fourth-order valence-electron chi connectivity index (χ4n) is 4.28. The highest BCUT2D eigenvalue weighted by atomic mass is 32.2. The molecule has 34 heavy (non-hydrogen) atoms. The van der Waals surface area contributed by atoms with Gasteiger partial charge in [0, 0.05) is 25.3 Å². The van der Waals surface area contributed by atoms with Gasteiger partial charge in [-0.1, -0.05) is 48.2 Å². The summed E-state index contributed by atoms with van der Waals surface area (Å²) in [6, 6.07) is 21.3. The first kappa shape index (κ1) is 22.3. The topological polar surface area (TPSA) is 55.2 Å². The Morgan fingerprint density at radius 1 is 0.971 bits per heavy atom. The highest BCUT2D eigenvalue weighted by molar-refractivity contribution is 7.99. The summed E-state index contributed by atoms with van der Waals surface area (Å²) in [5.41, 5.74) is 3.54. The molecule has 1 aromatic heterocycles. The van der Waals surface area contributed by atoms with E-state index in [9.17, 15) is 14.0 Å². The van der Waals surface area contributed by atoms with Crippen LogP contribution in [0.3, 0.4) is 0 Å². The fraction of sp³-hybridized carbons (Fsp3) is 0.222. The van der Waals surface area contributed by atoms with E-state index in [-0.39, 0.29) is 17.3 Å². The van der Waals surface area contributed by atoms with E-state index in [0.717, 1.165) is 13.0 Å². The summed E-state index contributed by atoms with van der Waals surface area (Å²) in [4.78, 5) is 32.6. The molecule has 5 nitrogen and oxygen atoms in total. The average molecular weight is 474 g/mol. The number of carbonyl (C=O) groups excluding carboxylic acids is 1. The normalized spacial score (nSPS) is 13.1. The zero-order valence-corrected chi connectivity index (χ0v) is 19.4. The van der Waals surface area contributed by atoms with Crippen molar-refractivity contribution in [2.24, 2.45) is 0 Å². The minimum Gasteiger partial charge on any atom is -0.338 e. The van der Waals surface area contributed by atoms with Crippen molar-refractivity contribution in [1.82, 2.24) is 14.5 Å². The van der Waals surface area contributed by atoms with Crippen LogP contribution in [0.4, 0.5) is 4.39 Å². The zero-order valence-electron chi connectivity index (χ0n) is 18.6. The van der Waals surface area contributed by atoms with E-state index in [4.69, 9.17) is 4.98 Å². The molecule has 0 bridgehead atoms. The molecule has 1 amide bonds. The Balaban J connectivity index is 1.29. The van der Waals surface area contributed by atoms with Crippen molar-refractivity contribution < 1.29 is 9.18 Å². The highest BCUT2D eigenvalue weighted by Crippen LogP contribution is 2.24. The zero-order chi connectivity index (χ0) is 23.5. The van der Waals surface area contributed by atoms with Crippen LogP contribution in [0.2, 0.25) is 0 Å². The molecular weight excluding hydrogens is 449 g/mol. The van der Waals surface area contributed by atoms with Gasteiger partial charge in [-0.2, -0.15) is 0 Å². The summed E-state index contributed by atoms with van der Waals surface area (Å²) in [5, 5.41) is 1.05. The molecule has 0 N–H and O–H groups in total. The van der Waals surface area contributed by atoms with Crippen molar-refractivity contribution in [1.29, 1.82) is 0 Å². The van der Waals surface area contributed by atoms with Crippen LogP contribution in [0.25, 0.3) is 16.6 Å². The number of para-hydroxylation sites is 1. The third kappa shape index (κ3) is 4.61. The molecule has 2 heterocycles. The number of hydrogen-bond donors (Lipinski definition) is 0. The van der Waals surface area contributed by atoms with Crippen molar-refractivity contribution in [2.75, 3.05) is 12.3 Å². The van der Waals surface area contributed by atoms with Gasteiger partial charge in [-0.25, -0.2) is 9.37 Å². The fourth-order valence-corrected chi connectivity index (χ4v) is 5.23. The molecule has 0 radical (unpaired) electrons. The Morgan fingerprint density at radius 3 is 2.53 bits per heavy atom. The Hall–Kier alpha value is -3.45. The number of amides is 1. The van der Waals surface area contributed by atoms with Gasteiger partial charge in [0.1, 0.15) is 5.82 Å². The standard InChI is InChI=1S/C27H24FN3O2S/c28-21-11-13-22(14-12-21)31-26(33)23-8-3-4-9-24(23)29-27(31)34-17-5-10-25(32)30-16-15-19-6-1-2-7-20(19)18-30/h1-4,6-9,11-14H,5,10,15-18H2. The molecule has 0 saturated heterocycles. The Kier molecular flexibility index (Phi) is 6.45. The number of fused-ring (bicyclic) bond motifs is 2. The molecule has 0 aliphatic carbocycles. The smallest absolute Gasteiger partial charge is 0.266 e. The first-order valence-electron chi connectivity index (χ1n) is 11.4. The lowest BCUT2D eigenvalue weighted by molar-refractivity contribution is -0.132. The van der Waals surface area contributed by atoms with Crippen LogP contribution in [-0.2, 0) is 17.8 Å². The van der Waals surface area contributed by atoms with Crippen LogP contribution >= 0.6 is 11.8 Å². The molecule has 0 fully saturated rings. The summed E-state index contributed by atoms with van der Waals surface area (Å²) >= 11 is 1.44. The van der Waals surface area contributed by atoms with Gasteiger partial charge >= 0.3 is 0 Å². The van der Waals surface area contributed by atoms with Gasteiger partial charge < -0.3 is 4.90 Å². The van der Waals surface area contributed by atoms with E-state index < -0.39 is 0 Å². The minimum absolute atomic E-state index is 0.150. The molecule has 4 aromatic rings. The maximum atomic E-state index is 13.5. The third-order valence-corrected chi connectivity index (χ3v) is 7.10. The molecule has 5 rings (SSSR count). The van der Waals surface area contributed by atoms with E-state index in [0.29, 0.717) is 46.9 Å². The lowest BCUT2D eigenvalue weighted by Gasteiger charge is -2.29. The van der Waals surface area contributed by atoms with Gasteiger partial charge in [0.15, 0.2) is 5.16 Å². The first-order valence-corrected chi connectivity index (χ1v) is 12.3. The van der Waals surface area contributed by atoms with Gasteiger partial charge in [0.25, 0.3) is 5.56 Å². The van der Waals surface area contributed by atoms with E-state index in [1.165, 1.54) is 39.6 Å². The molecule has 1 aliphatic rings.